The summed E-state index contributed by atoms with van der Waals surface area (Å²) in [5, 5.41) is 2.86. The number of anilines is 1. The van der Waals surface area contributed by atoms with Crippen LogP contribution in [0.5, 0.6) is 0 Å². The normalized spacial score (nSPS) is 16.9. The fourth-order valence-corrected chi connectivity index (χ4v) is 4.60. The molecular formula is C20H24N2O4S. The maximum absolute atomic E-state index is 12.9. The van der Waals surface area contributed by atoms with Crippen molar-refractivity contribution in [1.82, 2.24) is 5.32 Å². The number of sulfonamides is 1. The van der Waals surface area contributed by atoms with E-state index < -0.39 is 10.0 Å². The predicted molar refractivity (Wildman–Crippen MR) is 104 cm³/mol. The Labute approximate surface area is 160 Å². The van der Waals surface area contributed by atoms with Crippen LogP contribution in [-0.4, -0.2) is 40.1 Å². The van der Waals surface area contributed by atoms with Crippen molar-refractivity contribution in [3.05, 3.63) is 60.2 Å². The van der Waals surface area contributed by atoms with E-state index >= 15 is 0 Å². The van der Waals surface area contributed by atoms with Gasteiger partial charge in [-0.15, -0.1) is 0 Å². The molecule has 1 saturated heterocycles. The lowest BCUT2D eigenvalue weighted by atomic mass is 10.2. The van der Waals surface area contributed by atoms with Gasteiger partial charge >= 0.3 is 0 Å². The van der Waals surface area contributed by atoms with Crippen LogP contribution >= 0.6 is 0 Å². The highest BCUT2D eigenvalue weighted by atomic mass is 32.2. The smallest absolute Gasteiger partial charge is 0.264 e. The van der Waals surface area contributed by atoms with Crippen LogP contribution in [0.2, 0.25) is 0 Å². The standard InChI is InChI=1S/C20H24N2O4S/c1-2-22(27(24,25)19-8-4-3-5-9-19)17-12-10-16(11-13-17)20(23)21-15-18-7-6-14-26-18/h3-5,8-13,18H,2,6-7,14-15H2,1H3,(H,21,23)/t18-/m1/s1. The molecule has 0 aliphatic carbocycles. The van der Waals surface area contributed by atoms with E-state index in [2.05, 4.69) is 5.32 Å². The molecule has 1 fully saturated rings. The molecule has 1 atom stereocenters. The number of benzene rings is 2. The molecule has 6 nitrogen and oxygen atoms in total. The molecule has 144 valence electrons. The molecule has 0 aromatic heterocycles. The average Bonchev–Trinajstić information content (AvgIpc) is 3.21. The van der Waals surface area contributed by atoms with E-state index in [9.17, 15) is 13.2 Å². The number of rotatable bonds is 7. The monoisotopic (exact) mass is 388 g/mol. The van der Waals surface area contributed by atoms with E-state index in [0.29, 0.717) is 24.3 Å². The Morgan fingerprint density at radius 3 is 2.44 bits per heavy atom. The van der Waals surface area contributed by atoms with Gasteiger partial charge in [-0.3, -0.25) is 9.10 Å². The third-order valence-electron chi connectivity index (χ3n) is 4.55. The van der Waals surface area contributed by atoms with Crippen LogP contribution in [0.1, 0.15) is 30.1 Å². The summed E-state index contributed by atoms with van der Waals surface area (Å²) >= 11 is 0. The summed E-state index contributed by atoms with van der Waals surface area (Å²) in [6, 6.07) is 14.9. The first kappa shape index (κ1) is 19.4. The van der Waals surface area contributed by atoms with Crippen LogP contribution in [-0.2, 0) is 14.8 Å². The van der Waals surface area contributed by atoms with Crippen LogP contribution in [0.3, 0.4) is 0 Å². The Morgan fingerprint density at radius 2 is 1.85 bits per heavy atom. The van der Waals surface area contributed by atoms with Crippen LogP contribution in [0.4, 0.5) is 5.69 Å². The molecule has 0 bridgehead atoms. The van der Waals surface area contributed by atoms with Gasteiger partial charge in [-0.2, -0.15) is 0 Å². The summed E-state index contributed by atoms with van der Waals surface area (Å²) < 4.78 is 32.6. The van der Waals surface area contributed by atoms with E-state index in [1.807, 2.05) is 0 Å². The molecule has 0 radical (unpaired) electrons. The number of nitrogens with zero attached hydrogens (tertiary/aromatic N) is 1. The average molecular weight is 388 g/mol. The molecule has 7 heteroatoms. The molecule has 1 aliphatic heterocycles. The first-order valence-electron chi connectivity index (χ1n) is 9.10. The largest absolute Gasteiger partial charge is 0.376 e. The van der Waals surface area contributed by atoms with Gasteiger partial charge in [0.2, 0.25) is 0 Å². The Kier molecular flexibility index (Phi) is 6.13. The zero-order chi connectivity index (χ0) is 19.3. The minimum atomic E-state index is -3.64. The number of hydrogen-bond acceptors (Lipinski definition) is 4. The highest BCUT2D eigenvalue weighted by Crippen LogP contribution is 2.23. The summed E-state index contributed by atoms with van der Waals surface area (Å²) in [6.45, 7) is 3.31. The van der Waals surface area contributed by atoms with Gasteiger partial charge in [0.1, 0.15) is 0 Å². The lowest BCUT2D eigenvalue weighted by Crippen LogP contribution is -2.32. The maximum atomic E-state index is 12.9. The first-order valence-corrected chi connectivity index (χ1v) is 10.5. The number of carbonyl (C=O) groups excluding carboxylic acids is 1. The second-order valence-corrected chi connectivity index (χ2v) is 8.24. The number of carbonyl (C=O) groups is 1. The summed E-state index contributed by atoms with van der Waals surface area (Å²) in [5.41, 5.74) is 1.02. The van der Waals surface area contributed by atoms with Gasteiger partial charge in [-0.25, -0.2) is 8.42 Å². The van der Waals surface area contributed by atoms with E-state index in [4.69, 9.17) is 4.74 Å². The van der Waals surface area contributed by atoms with Gasteiger partial charge in [0, 0.05) is 25.3 Å². The number of amides is 1. The number of nitrogens with one attached hydrogen (secondary N) is 1. The molecule has 1 aliphatic rings. The van der Waals surface area contributed by atoms with E-state index in [1.165, 1.54) is 4.31 Å². The van der Waals surface area contributed by atoms with Crippen LogP contribution in [0.25, 0.3) is 0 Å². The van der Waals surface area contributed by atoms with E-state index in [-0.39, 0.29) is 16.9 Å². The Balaban J connectivity index is 1.72. The van der Waals surface area contributed by atoms with Crippen molar-refractivity contribution < 1.29 is 17.9 Å². The quantitative estimate of drug-likeness (QED) is 0.791. The minimum absolute atomic E-state index is 0.0832. The van der Waals surface area contributed by atoms with Gasteiger partial charge in [0.25, 0.3) is 15.9 Å². The van der Waals surface area contributed by atoms with Crippen molar-refractivity contribution in [3.8, 4) is 0 Å². The van der Waals surface area contributed by atoms with Gasteiger partial charge in [0.15, 0.2) is 0 Å². The van der Waals surface area contributed by atoms with E-state index in [0.717, 1.165) is 19.4 Å². The molecule has 0 spiro atoms. The van der Waals surface area contributed by atoms with Crippen molar-refractivity contribution in [1.29, 1.82) is 0 Å². The summed E-state index contributed by atoms with van der Waals surface area (Å²) in [5.74, 6) is -0.189. The van der Waals surface area contributed by atoms with Crippen LogP contribution in [0.15, 0.2) is 59.5 Å². The van der Waals surface area contributed by atoms with Gasteiger partial charge in [-0.1, -0.05) is 18.2 Å². The molecule has 1 N–H and O–H groups in total. The second-order valence-electron chi connectivity index (χ2n) is 6.37. The first-order chi connectivity index (χ1) is 13.0. The highest BCUT2D eigenvalue weighted by Gasteiger charge is 2.23. The number of ether oxygens (including phenoxy) is 1. The third-order valence-corrected chi connectivity index (χ3v) is 6.47. The topological polar surface area (TPSA) is 75.7 Å². The SMILES string of the molecule is CCN(c1ccc(C(=O)NC[C@H]2CCCO2)cc1)S(=O)(=O)c1ccccc1. The minimum Gasteiger partial charge on any atom is -0.376 e. The Hall–Kier alpha value is -2.38. The lowest BCUT2D eigenvalue weighted by Gasteiger charge is -2.23. The maximum Gasteiger partial charge on any atom is 0.264 e. The summed E-state index contributed by atoms with van der Waals surface area (Å²) in [6.07, 6.45) is 2.07. The molecule has 0 saturated carbocycles. The van der Waals surface area contributed by atoms with Gasteiger partial charge in [0.05, 0.1) is 16.7 Å². The fourth-order valence-electron chi connectivity index (χ4n) is 3.10. The highest BCUT2D eigenvalue weighted by molar-refractivity contribution is 7.92. The third kappa shape index (κ3) is 4.48. The molecular weight excluding hydrogens is 364 g/mol. The molecule has 0 unspecified atom stereocenters. The zero-order valence-corrected chi connectivity index (χ0v) is 16.1. The predicted octanol–water partition coefficient (Wildman–Crippen LogP) is 2.81. The summed E-state index contributed by atoms with van der Waals surface area (Å²) in [4.78, 5) is 12.5. The van der Waals surface area contributed by atoms with Crippen molar-refractivity contribution >= 4 is 21.6 Å². The molecule has 1 amide bonds. The molecule has 2 aromatic rings. The molecule has 3 rings (SSSR count). The van der Waals surface area contributed by atoms with Crippen molar-refractivity contribution in [2.45, 2.75) is 30.8 Å². The molecule has 1 heterocycles. The number of hydrogen-bond donors (Lipinski definition) is 1. The molecule has 2 aromatic carbocycles. The zero-order valence-electron chi connectivity index (χ0n) is 15.3. The summed E-state index contributed by atoms with van der Waals surface area (Å²) in [7, 11) is -3.64. The van der Waals surface area contributed by atoms with Crippen molar-refractivity contribution in [2.75, 3.05) is 24.0 Å². The molecule has 27 heavy (non-hydrogen) atoms. The van der Waals surface area contributed by atoms with Crippen LogP contribution < -0.4 is 9.62 Å². The van der Waals surface area contributed by atoms with Gasteiger partial charge < -0.3 is 10.1 Å². The Bertz CT molecular complexity index is 861. The van der Waals surface area contributed by atoms with Crippen LogP contribution in [0, 0.1) is 0 Å². The van der Waals surface area contributed by atoms with Crippen molar-refractivity contribution in [3.63, 3.8) is 0 Å². The lowest BCUT2D eigenvalue weighted by molar-refractivity contribution is 0.0858. The fraction of sp³-hybridized carbons (Fsp3) is 0.350. The Morgan fingerprint density at radius 1 is 1.15 bits per heavy atom. The van der Waals surface area contributed by atoms with E-state index in [1.54, 1.807) is 61.5 Å². The van der Waals surface area contributed by atoms with Crippen molar-refractivity contribution in [2.24, 2.45) is 0 Å². The second kappa shape index (κ2) is 8.54. The van der Waals surface area contributed by atoms with Gasteiger partial charge in [-0.05, 0) is 56.2 Å².